The second-order valence-electron chi connectivity index (χ2n) is 4.24. The van der Waals surface area contributed by atoms with E-state index < -0.39 is 0 Å². The predicted molar refractivity (Wildman–Crippen MR) is 62.8 cm³/mol. The highest BCUT2D eigenvalue weighted by molar-refractivity contribution is 5.83. The van der Waals surface area contributed by atoms with Gasteiger partial charge >= 0.3 is 6.09 Å². The van der Waals surface area contributed by atoms with Gasteiger partial charge in [0, 0.05) is 25.4 Å². The Morgan fingerprint density at radius 2 is 2.06 bits per heavy atom. The minimum absolute atomic E-state index is 0.0907. The number of hydrogen-bond donors (Lipinski definition) is 0. The molecule has 4 heteroatoms. The summed E-state index contributed by atoms with van der Waals surface area (Å²) in [6, 6.07) is 8.95. The highest BCUT2D eigenvalue weighted by Gasteiger charge is 2.27. The third-order valence-corrected chi connectivity index (χ3v) is 2.88. The molecular weight excluding hydrogens is 218 g/mol. The van der Waals surface area contributed by atoms with Gasteiger partial charge in [-0.1, -0.05) is 25.1 Å². The molecule has 1 aliphatic heterocycles. The number of Topliss-reactive ketones (excluding diaryl/α,β-unsaturated/α-hetero) is 1. The van der Waals surface area contributed by atoms with Gasteiger partial charge in [-0.25, -0.2) is 4.79 Å². The van der Waals surface area contributed by atoms with Crippen molar-refractivity contribution in [3.05, 3.63) is 30.3 Å². The van der Waals surface area contributed by atoms with Crippen molar-refractivity contribution >= 4 is 11.9 Å². The number of nitrogens with zero attached hydrogens (tertiary/aromatic N) is 1. The average molecular weight is 233 g/mol. The van der Waals surface area contributed by atoms with Gasteiger partial charge in [0.15, 0.2) is 0 Å². The van der Waals surface area contributed by atoms with E-state index in [9.17, 15) is 9.59 Å². The van der Waals surface area contributed by atoms with Gasteiger partial charge in [0.1, 0.15) is 11.5 Å². The van der Waals surface area contributed by atoms with Crippen LogP contribution in [0, 0.1) is 5.92 Å². The van der Waals surface area contributed by atoms with Gasteiger partial charge in [0.25, 0.3) is 0 Å². The van der Waals surface area contributed by atoms with Gasteiger partial charge in [-0.15, -0.1) is 0 Å². The Morgan fingerprint density at radius 3 is 2.71 bits per heavy atom. The van der Waals surface area contributed by atoms with E-state index in [4.69, 9.17) is 4.74 Å². The first kappa shape index (κ1) is 11.6. The highest BCUT2D eigenvalue weighted by atomic mass is 16.6. The molecule has 1 atom stereocenters. The van der Waals surface area contributed by atoms with Crippen molar-refractivity contribution in [3.63, 3.8) is 0 Å². The number of piperidine rings is 1. The lowest BCUT2D eigenvalue weighted by molar-refractivity contribution is -0.124. The first-order chi connectivity index (χ1) is 8.16. The number of benzene rings is 1. The summed E-state index contributed by atoms with van der Waals surface area (Å²) >= 11 is 0. The Balaban J connectivity index is 1.95. The quantitative estimate of drug-likeness (QED) is 0.746. The largest absolute Gasteiger partial charge is 0.415 e. The van der Waals surface area contributed by atoms with Crippen molar-refractivity contribution in [2.45, 2.75) is 13.3 Å². The van der Waals surface area contributed by atoms with E-state index in [0.29, 0.717) is 25.3 Å². The maximum absolute atomic E-state index is 11.8. The van der Waals surface area contributed by atoms with Gasteiger partial charge in [0.05, 0.1) is 0 Å². The van der Waals surface area contributed by atoms with Crippen LogP contribution in [0.25, 0.3) is 0 Å². The minimum atomic E-state index is -0.379. The summed E-state index contributed by atoms with van der Waals surface area (Å²) in [7, 11) is 0. The molecule has 1 amide bonds. The van der Waals surface area contributed by atoms with Crippen molar-refractivity contribution in [1.82, 2.24) is 4.90 Å². The van der Waals surface area contributed by atoms with Crippen molar-refractivity contribution in [2.75, 3.05) is 13.1 Å². The standard InChI is InChI=1S/C13H15NO3/c1-10-9-14(8-7-12(10)15)13(16)17-11-5-3-2-4-6-11/h2-6,10H,7-9H2,1H3. The molecule has 1 heterocycles. The Kier molecular flexibility index (Phi) is 3.42. The van der Waals surface area contributed by atoms with E-state index in [1.165, 1.54) is 0 Å². The minimum Gasteiger partial charge on any atom is -0.410 e. The van der Waals surface area contributed by atoms with Gasteiger partial charge < -0.3 is 9.64 Å². The van der Waals surface area contributed by atoms with E-state index in [0.717, 1.165) is 0 Å². The molecule has 2 rings (SSSR count). The average Bonchev–Trinajstić information content (AvgIpc) is 2.34. The molecular formula is C13H15NO3. The van der Waals surface area contributed by atoms with Crippen LogP contribution in [-0.4, -0.2) is 29.9 Å². The van der Waals surface area contributed by atoms with Crippen molar-refractivity contribution in [2.24, 2.45) is 5.92 Å². The maximum atomic E-state index is 11.8. The second-order valence-corrected chi connectivity index (χ2v) is 4.24. The summed E-state index contributed by atoms with van der Waals surface area (Å²) in [4.78, 5) is 24.7. The fourth-order valence-electron chi connectivity index (χ4n) is 1.83. The predicted octanol–water partition coefficient (Wildman–Crippen LogP) is 2.10. The van der Waals surface area contributed by atoms with Gasteiger partial charge in [0.2, 0.25) is 0 Å². The maximum Gasteiger partial charge on any atom is 0.415 e. The molecule has 17 heavy (non-hydrogen) atoms. The molecule has 0 spiro atoms. The lowest BCUT2D eigenvalue weighted by Gasteiger charge is -2.29. The zero-order chi connectivity index (χ0) is 12.3. The smallest absolute Gasteiger partial charge is 0.410 e. The normalized spacial score (nSPS) is 20.2. The van der Waals surface area contributed by atoms with E-state index in [1.54, 1.807) is 17.0 Å². The Hall–Kier alpha value is -1.84. The SMILES string of the molecule is CC1CN(C(=O)Oc2ccccc2)CCC1=O. The van der Waals surface area contributed by atoms with E-state index in [1.807, 2.05) is 25.1 Å². The number of likely N-dealkylation sites (tertiary alicyclic amines) is 1. The molecule has 1 aromatic carbocycles. The number of hydrogen-bond acceptors (Lipinski definition) is 3. The third kappa shape index (κ3) is 2.84. The lowest BCUT2D eigenvalue weighted by Crippen LogP contribution is -2.44. The molecule has 0 saturated carbocycles. The fourth-order valence-corrected chi connectivity index (χ4v) is 1.83. The summed E-state index contributed by atoms with van der Waals surface area (Å²) in [5.41, 5.74) is 0. The molecule has 0 N–H and O–H groups in total. The molecule has 1 fully saturated rings. The number of rotatable bonds is 1. The number of carbonyl (C=O) groups excluding carboxylic acids is 2. The Bertz CT molecular complexity index is 416. The summed E-state index contributed by atoms with van der Waals surface area (Å²) < 4.78 is 5.21. The van der Waals surface area contributed by atoms with Crippen LogP contribution >= 0.6 is 0 Å². The number of ketones is 1. The summed E-state index contributed by atoms with van der Waals surface area (Å²) in [6.07, 6.45) is 0.0426. The van der Waals surface area contributed by atoms with E-state index in [2.05, 4.69) is 0 Å². The number of ether oxygens (including phenoxy) is 1. The molecule has 90 valence electrons. The number of carbonyl (C=O) groups is 2. The van der Waals surface area contributed by atoms with Crippen LogP contribution in [0.15, 0.2) is 30.3 Å². The Morgan fingerprint density at radius 1 is 1.35 bits per heavy atom. The van der Waals surface area contributed by atoms with Crippen LogP contribution in [0.2, 0.25) is 0 Å². The third-order valence-electron chi connectivity index (χ3n) is 2.88. The van der Waals surface area contributed by atoms with Crippen LogP contribution < -0.4 is 4.74 Å². The summed E-state index contributed by atoms with van der Waals surface area (Å²) in [5.74, 6) is 0.655. The molecule has 1 unspecified atom stereocenters. The van der Waals surface area contributed by atoms with Crippen molar-refractivity contribution < 1.29 is 14.3 Å². The summed E-state index contributed by atoms with van der Waals surface area (Å²) in [6.45, 7) is 2.74. The van der Waals surface area contributed by atoms with E-state index >= 15 is 0 Å². The molecule has 1 saturated heterocycles. The topological polar surface area (TPSA) is 46.6 Å². The highest BCUT2D eigenvalue weighted by Crippen LogP contribution is 2.15. The van der Waals surface area contributed by atoms with Gasteiger partial charge in [-0.3, -0.25) is 4.79 Å². The fraction of sp³-hybridized carbons (Fsp3) is 0.385. The molecule has 0 radical (unpaired) electrons. The Labute approximate surface area is 100 Å². The number of amides is 1. The first-order valence-corrected chi connectivity index (χ1v) is 5.71. The zero-order valence-electron chi connectivity index (χ0n) is 9.76. The molecule has 4 nitrogen and oxygen atoms in total. The molecule has 0 aromatic heterocycles. The van der Waals surface area contributed by atoms with Crippen LogP contribution in [0.3, 0.4) is 0 Å². The second kappa shape index (κ2) is 4.99. The molecule has 0 bridgehead atoms. The first-order valence-electron chi connectivity index (χ1n) is 5.71. The van der Waals surface area contributed by atoms with Crippen molar-refractivity contribution in [1.29, 1.82) is 0 Å². The van der Waals surface area contributed by atoms with Crippen LogP contribution in [0.1, 0.15) is 13.3 Å². The van der Waals surface area contributed by atoms with Gasteiger partial charge in [-0.05, 0) is 12.1 Å². The van der Waals surface area contributed by atoms with Crippen LogP contribution in [0.4, 0.5) is 4.79 Å². The monoisotopic (exact) mass is 233 g/mol. The van der Waals surface area contributed by atoms with Crippen molar-refractivity contribution in [3.8, 4) is 5.75 Å². The number of para-hydroxylation sites is 1. The molecule has 0 aliphatic carbocycles. The van der Waals surface area contributed by atoms with Crippen LogP contribution in [0.5, 0.6) is 5.75 Å². The van der Waals surface area contributed by atoms with Crippen LogP contribution in [-0.2, 0) is 4.79 Å². The molecule has 1 aliphatic rings. The lowest BCUT2D eigenvalue weighted by atomic mass is 9.99. The van der Waals surface area contributed by atoms with Gasteiger partial charge in [-0.2, -0.15) is 0 Å². The zero-order valence-corrected chi connectivity index (χ0v) is 9.76. The summed E-state index contributed by atoms with van der Waals surface area (Å²) in [5, 5.41) is 0. The molecule has 1 aromatic rings. The van der Waals surface area contributed by atoms with E-state index in [-0.39, 0.29) is 17.8 Å².